The van der Waals surface area contributed by atoms with Crippen LogP contribution in [0.5, 0.6) is 0 Å². The molecule has 1 saturated heterocycles. The average molecular weight is 316 g/mol. The zero-order valence-corrected chi connectivity index (χ0v) is 13.1. The first kappa shape index (κ1) is 15.0. The van der Waals surface area contributed by atoms with E-state index < -0.39 is 0 Å². The summed E-state index contributed by atoms with van der Waals surface area (Å²) in [5, 5.41) is 3.87. The van der Waals surface area contributed by atoms with Crippen molar-refractivity contribution < 1.29 is 4.79 Å². The predicted octanol–water partition coefficient (Wildman–Crippen LogP) is 2.91. The second-order valence-electron chi connectivity index (χ2n) is 5.58. The molecule has 1 amide bonds. The van der Waals surface area contributed by atoms with Crippen LogP contribution in [0.4, 0.5) is 0 Å². The minimum atomic E-state index is -0.0540. The van der Waals surface area contributed by atoms with E-state index in [4.69, 9.17) is 11.6 Å². The van der Waals surface area contributed by atoms with E-state index in [-0.39, 0.29) is 18.0 Å². The Morgan fingerprint density at radius 3 is 2.59 bits per heavy atom. The van der Waals surface area contributed by atoms with Crippen LogP contribution in [0.2, 0.25) is 5.02 Å². The van der Waals surface area contributed by atoms with Crippen LogP contribution in [-0.4, -0.2) is 35.4 Å². The second kappa shape index (κ2) is 6.46. The maximum Gasteiger partial charge on any atom is 0.251 e. The maximum atomic E-state index is 12.4. The number of likely N-dealkylation sites (N-methyl/N-ethyl adjacent to an activating group) is 1. The summed E-state index contributed by atoms with van der Waals surface area (Å²) >= 11 is 5.97. The number of carbonyl (C=O) groups is 1. The van der Waals surface area contributed by atoms with Crippen molar-refractivity contribution in [1.29, 1.82) is 0 Å². The van der Waals surface area contributed by atoms with Gasteiger partial charge < -0.3 is 5.32 Å². The Hall–Kier alpha value is -1.91. The third kappa shape index (κ3) is 3.13. The first-order valence-corrected chi connectivity index (χ1v) is 7.69. The topological polar surface area (TPSA) is 45.2 Å². The molecular formula is C17H18ClN3O. The SMILES string of the molecule is CN1CC[C@H](NC(=O)c2ccncc2)[C@@H]1c1ccc(Cl)cc1. The van der Waals surface area contributed by atoms with Crippen LogP contribution in [0.15, 0.2) is 48.8 Å². The van der Waals surface area contributed by atoms with E-state index in [0.717, 1.165) is 18.0 Å². The molecule has 22 heavy (non-hydrogen) atoms. The molecular weight excluding hydrogens is 298 g/mol. The molecule has 1 aliphatic rings. The van der Waals surface area contributed by atoms with Crippen molar-refractivity contribution in [2.75, 3.05) is 13.6 Å². The lowest BCUT2D eigenvalue weighted by atomic mass is 10.00. The number of pyridine rings is 1. The Balaban J connectivity index is 1.77. The van der Waals surface area contributed by atoms with Crippen LogP contribution in [0.3, 0.4) is 0 Å². The summed E-state index contributed by atoms with van der Waals surface area (Å²) in [6.07, 6.45) is 4.19. The van der Waals surface area contributed by atoms with Gasteiger partial charge in [-0.25, -0.2) is 0 Å². The molecule has 1 fully saturated rings. The lowest BCUT2D eigenvalue weighted by molar-refractivity contribution is 0.0927. The summed E-state index contributed by atoms with van der Waals surface area (Å²) in [5.41, 5.74) is 1.81. The Bertz CT molecular complexity index is 645. The fraction of sp³-hybridized carbons (Fsp3) is 0.294. The summed E-state index contributed by atoms with van der Waals surface area (Å²) in [6.45, 7) is 0.953. The van der Waals surface area contributed by atoms with Crippen LogP contribution >= 0.6 is 11.6 Å². The molecule has 3 rings (SSSR count). The third-order valence-electron chi connectivity index (χ3n) is 4.12. The smallest absolute Gasteiger partial charge is 0.251 e. The summed E-state index contributed by atoms with van der Waals surface area (Å²) in [5.74, 6) is -0.0540. The van der Waals surface area contributed by atoms with Crippen molar-refractivity contribution in [1.82, 2.24) is 15.2 Å². The van der Waals surface area contributed by atoms with Gasteiger partial charge in [0.05, 0.1) is 12.1 Å². The van der Waals surface area contributed by atoms with Crippen molar-refractivity contribution in [2.45, 2.75) is 18.5 Å². The van der Waals surface area contributed by atoms with Gasteiger partial charge in [0.25, 0.3) is 5.91 Å². The van der Waals surface area contributed by atoms with Crippen LogP contribution in [0, 0.1) is 0 Å². The minimum absolute atomic E-state index is 0.0540. The van der Waals surface area contributed by atoms with Crippen LogP contribution in [0.1, 0.15) is 28.4 Å². The number of likely N-dealkylation sites (tertiary alicyclic amines) is 1. The maximum absolute atomic E-state index is 12.4. The number of carbonyl (C=O) groups excluding carboxylic acids is 1. The van der Waals surface area contributed by atoms with E-state index in [1.54, 1.807) is 24.5 Å². The Morgan fingerprint density at radius 2 is 1.91 bits per heavy atom. The number of rotatable bonds is 3. The Labute approximate surface area is 135 Å². The molecule has 2 aromatic rings. The number of amides is 1. The highest BCUT2D eigenvalue weighted by Crippen LogP contribution is 2.31. The minimum Gasteiger partial charge on any atom is -0.347 e. The van der Waals surface area contributed by atoms with Crippen molar-refractivity contribution >= 4 is 17.5 Å². The molecule has 5 heteroatoms. The van der Waals surface area contributed by atoms with Crippen LogP contribution in [-0.2, 0) is 0 Å². The number of halogens is 1. The lowest BCUT2D eigenvalue weighted by Gasteiger charge is -2.26. The van der Waals surface area contributed by atoms with E-state index in [0.29, 0.717) is 5.56 Å². The van der Waals surface area contributed by atoms with Gasteiger partial charge in [-0.1, -0.05) is 23.7 Å². The normalized spacial score (nSPS) is 21.7. The third-order valence-corrected chi connectivity index (χ3v) is 4.37. The molecule has 2 heterocycles. The number of benzene rings is 1. The second-order valence-corrected chi connectivity index (χ2v) is 6.02. The van der Waals surface area contributed by atoms with E-state index in [1.165, 1.54) is 5.56 Å². The van der Waals surface area contributed by atoms with Crippen molar-refractivity contribution in [3.8, 4) is 0 Å². The first-order valence-electron chi connectivity index (χ1n) is 7.32. The number of nitrogens with one attached hydrogen (secondary N) is 1. The van der Waals surface area contributed by atoms with Gasteiger partial charge in [-0.05, 0) is 43.3 Å². The Morgan fingerprint density at radius 1 is 1.23 bits per heavy atom. The molecule has 0 saturated carbocycles. The zero-order chi connectivity index (χ0) is 15.5. The van der Waals surface area contributed by atoms with Gasteiger partial charge in [-0.2, -0.15) is 0 Å². The van der Waals surface area contributed by atoms with Gasteiger partial charge in [0.1, 0.15) is 0 Å². The molecule has 0 radical (unpaired) electrons. The number of nitrogens with zero attached hydrogens (tertiary/aromatic N) is 2. The van der Waals surface area contributed by atoms with Gasteiger partial charge in [-0.3, -0.25) is 14.7 Å². The van der Waals surface area contributed by atoms with Crippen molar-refractivity contribution in [2.24, 2.45) is 0 Å². The number of aromatic nitrogens is 1. The fourth-order valence-electron chi connectivity index (χ4n) is 3.00. The molecule has 0 aliphatic carbocycles. The summed E-state index contributed by atoms with van der Waals surface area (Å²) in [7, 11) is 2.08. The molecule has 114 valence electrons. The summed E-state index contributed by atoms with van der Waals surface area (Å²) < 4.78 is 0. The van der Waals surface area contributed by atoms with Crippen LogP contribution in [0.25, 0.3) is 0 Å². The lowest BCUT2D eigenvalue weighted by Crippen LogP contribution is -2.38. The molecule has 1 aromatic carbocycles. The standard InChI is InChI=1S/C17H18ClN3O/c1-21-11-8-15(16(21)12-2-4-14(18)5-3-12)20-17(22)13-6-9-19-10-7-13/h2-7,9-10,15-16H,8,11H2,1H3,(H,20,22)/t15-,16-/m0/s1. The van der Waals surface area contributed by atoms with Crippen molar-refractivity contribution in [3.63, 3.8) is 0 Å². The molecule has 1 aromatic heterocycles. The van der Waals surface area contributed by atoms with Gasteiger partial charge in [-0.15, -0.1) is 0 Å². The molecule has 0 spiro atoms. The highest BCUT2D eigenvalue weighted by atomic mass is 35.5. The number of hydrogen-bond acceptors (Lipinski definition) is 3. The van der Waals surface area contributed by atoms with Gasteiger partial charge >= 0.3 is 0 Å². The molecule has 0 bridgehead atoms. The van der Waals surface area contributed by atoms with E-state index >= 15 is 0 Å². The van der Waals surface area contributed by atoms with Gasteiger partial charge in [0.2, 0.25) is 0 Å². The van der Waals surface area contributed by atoms with Gasteiger partial charge in [0.15, 0.2) is 0 Å². The highest BCUT2D eigenvalue weighted by Gasteiger charge is 2.34. The predicted molar refractivity (Wildman–Crippen MR) is 86.9 cm³/mol. The monoisotopic (exact) mass is 315 g/mol. The number of hydrogen-bond donors (Lipinski definition) is 1. The largest absolute Gasteiger partial charge is 0.347 e. The van der Waals surface area contributed by atoms with Crippen molar-refractivity contribution in [3.05, 3.63) is 64.9 Å². The molecule has 1 N–H and O–H groups in total. The van der Waals surface area contributed by atoms with Gasteiger partial charge in [0, 0.05) is 29.5 Å². The molecule has 1 aliphatic heterocycles. The molecule has 4 nitrogen and oxygen atoms in total. The molecule has 2 atom stereocenters. The first-order chi connectivity index (χ1) is 10.6. The average Bonchev–Trinajstić information content (AvgIpc) is 2.90. The van der Waals surface area contributed by atoms with Crippen LogP contribution < -0.4 is 5.32 Å². The fourth-order valence-corrected chi connectivity index (χ4v) is 3.13. The summed E-state index contributed by atoms with van der Waals surface area (Å²) in [4.78, 5) is 18.6. The Kier molecular flexibility index (Phi) is 4.41. The zero-order valence-electron chi connectivity index (χ0n) is 12.4. The summed E-state index contributed by atoms with van der Waals surface area (Å²) in [6, 6.07) is 11.6. The van der Waals surface area contributed by atoms with E-state index in [9.17, 15) is 4.79 Å². The quantitative estimate of drug-likeness (QED) is 0.947. The highest BCUT2D eigenvalue weighted by molar-refractivity contribution is 6.30. The van der Waals surface area contributed by atoms with E-state index in [2.05, 4.69) is 22.2 Å². The van der Waals surface area contributed by atoms with E-state index in [1.807, 2.05) is 24.3 Å². The molecule has 0 unspecified atom stereocenters.